The van der Waals surface area contributed by atoms with Gasteiger partial charge in [0.1, 0.15) is 0 Å². The molecule has 0 aliphatic heterocycles. The number of nitriles is 1. The molecule has 4 heteroatoms. The van der Waals surface area contributed by atoms with Gasteiger partial charge in [0.15, 0.2) is 5.17 Å². The van der Waals surface area contributed by atoms with E-state index in [4.69, 9.17) is 5.26 Å². The molecule has 0 amide bonds. The van der Waals surface area contributed by atoms with Crippen LogP contribution in [0.2, 0.25) is 0 Å². The quantitative estimate of drug-likeness (QED) is 0.414. The molecule has 1 aromatic rings. The maximum Gasteiger partial charge on any atom is 0.208 e. The third-order valence-electron chi connectivity index (χ3n) is 2.00. The highest BCUT2D eigenvalue weighted by molar-refractivity contribution is 8.13. The zero-order chi connectivity index (χ0) is 11.3. The van der Waals surface area contributed by atoms with Crippen LogP contribution in [0.1, 0.15) is 5.56 Å². The summed E-state index contributed by atoms with van der Waals surface area (Å²) >= 11 is 1.46. The Morgan fingerprint density at radius 3 is 2.80 bits per heavy atom. The number of thioether (sulfide) groups is 1. The number of nitrogens with zero attached hydrogens (tertiary/aromatic N) is 3. The normalized spacial score (nSPS) is 10.9. The highest BCUT2D eigenvalue weighted by Gasteiger charge is 2.07. The van der Waals surface area contributed by atoms with Crippen LogP contribution < -0.4 is 4.90 Å². The van der Waals surface area contributed by atoms with E-state index in [1.807, 2.05) is 49.5 Å². The maximum absolute atomic E-state index is 8.54. The first-order chi connectivity index (χ1) is 7.19. The van der Waals surface area contributed by atoms with E-state index in [2.05, 4.69) is 11.1 Å². The van der Waals surface area contributed by atoms with Gasteiger partial charge in [-0.05, 0) is 30.9 Å². The molecule has 0 spiro atoms. The van der Waals surface area contributed by atoms with Crippen LogP contribution in [-0.4, -0.2) is 18.5 Å². The first-order valence-corrected chi connectivity index (χ1v) is 5.72. The van der Waals surface area contributed by atoms with Crippen LogP contribution in [0.5, 0.6) is 0 Å². The van der Waals surface area contributed by atoms with Crippen molar-refractivity contribution >= 4 is 22.6 Å². The van der Waals surface area contributed by atoms with Gasteiger partial charge in [-0.1, -0.05) is 23.9 Å². The molecule has 1 aromatic carbocycles. The summed E-state index contributed by atoms with van der Waals surface area (Å²) in [7, 11) is 1.90. The van der Waals surface area contributed by atoms with E-state index in [0.717, 1.165) is 5.69 Å². The lowest BCUT2D eigenvalue weighted by Crippen LogP contribution is -2.23. The van der Waals surface area contributed by atoms with Crippen LogP contribution in [0.3, 0.4) is 0 Å². The second-order valence-corrected chi connectivity index (χ2v) is 3.87. The molecule has 0 aromatic heterocycles. The predicted octanol–water partition coefficient (Wildman–Crippen LogP) is 2.63. The van der Waals surface area contributed by atoms with Gasteiger partial charge in [-0.2, -0.15) is 5.26 Å². The number of aryl methyl sites for hydroxylation is 1. The SMILES string of the molecule is CSC(=NC#N)N(C)c1cccc(C)c1. The highest BCUT2D eigenvalue weighted by Crippen LogP contribution is 2.17. The molecule has 78 valence electrons. The van der Waals surface area contributed by atoms with Crippen molar-refractivity contribution in [2.24, 2.45) is 4.99 Å². The van der Waals surface area contributed by atoms with Crippen molar-refractivity contribution in [1.29, 1.82) is 5.26 Å². The molecule has 1 rings (SSSR count). The minimum Gasteiger partial charge on any atom is -0.323 e. The average molecular weight is 219 g/mol. The van der Waals surface area contributed by atoms with Gasteiger partial charge in [-0.25, -0.2) is 0 Å². The molecule has 0 heterocycles. The van der Waals surface area contributed by atoms with Gasteiger partial charge >= 0.3 is 0 Å². The second-order valence-electron chi connectivity index (χ2n) is 3.10. The number of rotatable bonds is 1. The molecule has 0 aliphatic carbocycles. The van der Waals surface area contributed by atoms with Crippen molar-refractivity contribution in [3.05, 3.63) is 29.8 Å². The van der Waals surface area contributed by atoms with Crippen molar-refractivity contribution in [3.63, 3.8) is 0 Å². The largest absolute Gasteiger partial charge is 0.323 e. The van der Waals surface area contributed by atoms with Crippen LogP contribution >= 0.6 is 11.8 Å². The molecule has 0 atom stereocenters. The molecule has 0 bridgehead atoms. The van der Waals surface area contributed by atoms with E-state index in [0.29, 0.717) is 5.17 Å². The van der Waals surface area contributed by atoms with E-state index in [-0.39, 0.29) is 0 Å². The summed E-state index contributed by atoms with van der Waals surface area (Å²) in [6.07, 6.45) is 3.71. The van der Waals surface area contributed by atoms with Crippen molar-refractivity contribution in [1.82, 2.24) is 0 Å². The number of aliphatic imine (C=N–C) groups is 1. The maximum atomic E-state index is 8.54. The van der Waals surface area contributed by atoms with Crippen molar-refractivity contribution < 1.29 is 0 Å². The second kappa shape index (κ2) is 5.42. The minimum absolute atomic E-state index is 0.697. The van der Waals surface area contributed by atoms with E-state index in [1.165, 1.54) is 17.3 Å². The lowest BCUT2D eigenvalue weighted by Gasteiger charge is -2.18. The van der Waals surface area contributed by atoms with Gasteiger partial charge in [0, 0.05) is 12.7 Å². The first kappa shape index (κ1) is 11.6. The summed E-state index contributed by atoms with van der Waals surface area (Å²) in [5.74, 6) is 0. The molecule has 0 aliphatic rings. The molecule has 0 radical (unpaired) electrons. The van der Waals surface area contributed by atoms with Gasteiger partial charge in [0.05, 0.1) is 0 Å². The average Bonchev–Trinajstić information content (AvgIpc) is 2.25. The summed E-state index contributed by atoms with van der Waals surface area (Å²) in [4.78, 5) is 5.66. The molecule has 15 heavy (non-hydrogen) atoms. The summed E-state index contributed by atoms with van der Waals surface area (Å²) in [5, 5.41) is 9.24. The fraction of sp³-hybridized carbons (Fsp3) is 0.273. The summed E-state index contributed by atoms with van der Waals surface area (Å²) in [5.41, 5.74) is 2.23. The topological polar surface area (TPSA) is 39.4 Å². The fourth-order valence-corrected chi connectivity index (χ4v) is 1.76. The summed E-state index contributed by atoms with van der Waals surface area (Å²) in [6, 6.07) is 8.09. The molecule has 0 saturated heterocycles. The van der Waals surface area contributed by atoms with Crippen LogP contribution in [0.4, 0.5) is 5.69 Å². The number of hydrogen-bond donors (Lipinski definition) is 0. The molecule has 0 fully saturated rings. The van der Waals surface area contributed by atoms with E-state index in [9.17, 15) is 0 Å². The summed E-state index contributed by atoms with van der Waals surface area (Å²) < 4.78 is 0. The number of benzene rings is 1. The Morgan fingerprint density at radius 2 is 2.27 bits per heavy atom. The summed E-state index contributed by atoms with van der Waals surface area (Å²) in [6.45, 7) is 2.04. The number of anilines is 1. The van der Waals surface area contributed by atoms with Crippen molar-refractivity contribution in [3.8, 4) is 6.19 Å². The fourth-order valence-electron chi connectivity index (χ4n) is 1.25. The third-order valence-corrected chi connectivity index (χ3v) is 2.73. The lowest BCUT2D eigenvalue weighted by molar-refractivity contribution is 1.26. The monoisotopic (exact) mass is 219 g/mol. The van der Waals surface area contributed by atoms with E-state index in [1.54, 1.807) is 0 Å². The van der Waals surface area contributed by atoms with Crippen LogP contribution in [0, 0.1) is 18.4 Å². The van der Waals surface area contributed by atoms with Crippen LogP contribution in [-0.2, 0) is 0 Å². The van der Waals surface area contributed by atoms with Crippen LogP contribution in [0.15, 0.2) is 29.3 Å². The van der Waals surface area contributed by atoms with Crippen molar-refractivity contribution in [2.75, 3.05) is 18.2 Å². The Bertz CT molecular complexity index is 407. The lowest BCUT2D eigenvalue weighted by atomic mass is 10.2. The van der Waals surface area contributed by atoms with Gasteiger partial charge < -0.3 is 4.90 Å². The smallest absolute Gasteiger partial charge is 0.208 e. The highest BCUT2D eigenvalue weighted by atomic mass is 32.2. The Morgan fingerprint density at radius 1 is 1.53 bits per heavy atom. The number of amidine groups is 1. The first-order valence-electron chi connectivity index (χ1n) is 4.50. The minimum atomic E-state index is 0.697. The van der Waals surface area contributed by atoms with Gasteiger partial charge in [-0.15, -0.1) is 4.99 Å². The van der Waals surface area contributed by atoms with Crippen LogP contribution in [0.25, 0.3) is 0 Å². The molecule has 0 saturated carbocycles. The predicted molar refractivity (Wildman–Crippen MR) is 66.1 cm³/mol. The molecule has 0 N–H and O–H groups in total. The van der Waals surface area contributed by atoms with E-state index < -0.39 is 0 Å². The molecule has 0 unspecified atom stereocenters. The van der Waals surface area contributed by atoms with Gasteiger partial charge in [-0.3, -0.25) is 0 Å². The van der Waals surface area contributed by atoms with Gasteiger partial charge in [0.2, 0.25) is 6.19 Å². The molecular formula is C11H13N3S. The Balaban J connectivity index is 2.98. The zero-order valence-corrected chi connectivity index (χ0v) is 9.88. The third kappa shape index (κ3) is 3.00. The Kier molecular flexibility index (Phi) is 4.19. The van der Waals surface area contributed by atoms with E-state index >= 15 is 0 Å². The van der Waals surface area contributed by atoms with Crippen molar-refractivity contribution in [2.45, 2.75) is 6.92 Å². The number of hydrogen-bond acceptors (Lipinski definition) is 3. The standard InChI is InChI=1S/C11H13N3S/c1-9-5-4-6-10(7-9)14(2)11(15-3)13-8-12/h4-7H,1-3H3. The Labute approximate surface area is 94.4 Å². The molecule has 3 nitrogen and oxygen atoms in total. The Hall–Kier alpha value is -1.47. The zero-order valence-electron chi connectivity index (χ0n) is 9.06. The van der Waals surface area contributed by atoms with Gasteiger partial charge in [0.25, 0.3) is 0 Å². The molecular weight excluding hydrogens is 206 g/mol.